The van der Waals surface area contributed by atoms with E-state index in [1.165, 1.54) is 4.68 Å². The fourth-order valence-corrected chi connectivity index (χ4v) is 2.12. The molecule has 0 aromatic carbocycles. The molecule has 0 radical (unpaired) electrons. The number of amides is 1. The average molecular weight is 269 g/mol. The number of carbonyl (C=O) groups is 1. The van der Waals surface area contributed by atoms with E-state index in [4.69, 9.17) is 10.6 Å². The van der Waals surface area contributed by atoms with Crippen molar-refractivity contribution in [3.05, 3.63) is 21.9 Å². The lowest BCUT2D eigenvalue weighted by molar-refractivity contribution is -0.390. The summed E-state index contributed by atoms with van der Waals surface area (Å²) in [5.74, 6) is 4.52. The highest BCUT2D eigenvalue weighted by Crippen LogP contribution is 2.22. The Labute approximate surface area is 108 Å². The van der Waals surface area contributed by atoms with E-state index in [9.17, 15) is 14.9 Å². The molecule has 0 spiro atoms. The van der Waals surface area contributed by atoms with Crippen molar-refractivity contribution in [2.45, 2.75) is 38.5 Å². The molecule has 1 saturated heterocycles. The van der Waals surface area contributed by atoms with Gasteiger partial charge in [0, 0.05) is 0 Å². The molecule has 104 valence electrons. The Morgan fingerprint density at radius 3 is 3.05 bits per heavy atom. The topological polar surface area (TPSA) is 125 Å². The van der Waals surface area contributed by atoms with Crippen molar-refractivity contribution in [1.82, 2.24) is 15.2 Å². The Balaban J connectivity index is 1.97. The Hall–Kier alpha value is -2.00. The summed E-state index contributed by atoms with van der Waals surface area (Å²) in [7, 11) is 0. The molecule has 1 fully saturated rings. The van der Waals surface area contributed by atoms with Crippen molar-refractivity contribution < 1.29 is 14.5 Å². The lowest BCUT2D eigenvalue weighted by Crippen LogP contribution is -2.39. The third kappa shape index (κ3) is 2.88. The number of nitro groups is 1. The van der Waals surface area contributed by atoms with Crippen LogP contribution >= 0.6 is 0 Å². The SMILES string of the molecule is Cc1cn(CC2CCC(C(=O)NN)O2)nc1[N+](=O)[O-]. The first-order valence-corrected chi connectivity index (χ1v) is 5.85. The zero-order chi connectivity index (χ0) is 14.0. The molecule has 3 N–H and O–H groups in total. The monoisotopic (exact) mass is 269 g/mol. The highest BCUT2D eigenvalue weighted by Gasteiger charge is 2.31. The van der Waals surface area contributed by atoms with E-state index >= 15 is 0 Å². The molecule has 1 aliphatic rings. The molecule has 1 amide bonds. The van der Waals surface area contributed by atoms with Crippen LogP contribution in [0.15, 0.2) is 6.20 Å². The third-order valence-corrected chi connectivity index (χ3v) is 3.02. The Bertz CT molecular complexity index is 500. The summed E-state index contributed by atoms with van der Waals surface area (Å²) in [5.41, 5.74) is 2.54. The largest absolute Gasteiger partial charge is 0.392 e. The van der Waals surface area contributed by atoms with Crippen LogP contribution in [0.1, 0.15) is 18.4 Å². The maximum atomic E-state index is 11.3. The molecule has 1 aromatic heterocycles. The second-order valence-electron chi connectivity index (χ2n) is 4.45. The number of carbonyl (C=O) groups excluding carboxylic acids is 1. The first kappa shape index (κ1) is 13.4. The van der Waals surface area contributed by atoms with Gasteiger partial charge >= 0.3 is 5.82 Å². The number of aromatic nitrogens is 2. The van der Waals surface area contributed by atoms with Crippen LogP contribution in [0.4, 0.5) is 5.82 Å². The van der Waals surface area contributed by atoms with E-state index in [1.54, 1.807) is 13.1 Å². The standard InChI is InChI=1S/C10H15N5O4/c1-6-4-14(13-9(6)15(17)18)5-7-2-3-8(19-7)10(16)12-11/h4,7-8H,2-3,5,11H2,1H3,(H,12,16). The summed E-state index contributed by atoms with van der Waals surface area (Å²) in [4.78, 5) is 21.4. The average Bonchev–Trinajstić information content (AvgIpc) is 2.95. The van der Waals surface area contributed by atoms with Crippen LogP contribution in [0.2, 0.25) is 0 Å². The Kier molecular flexibility index (Phi) is 3.76. The minimum absolute atomic E-state index is 0.158. The van der Waals surface area contributed by atoms with Crippen LogP contribution in [-0.2, 0) is 16.1 Å². The normalized spacial score (nSPS) is 22.4. The first-order valence-electron chi connectivity index (χ1n) is 5.85. The summed E-state index contributed by atoms with van der Waals surface area (Å²) >= 11 is 0. The zero-order valence-corrected chi connectivity index (χ0v) is 10.4. The van der Waals surface area contributed by atoms with E-state index in [0.717, 1.165) is 0 Å². The number of hydrogen-bond acceptors (Lipinski definition) is 6. The van der Waals surface area contributed by atoms with Crippen LogP contribution in [-0.4, -0.2) is 32.8 Å². The molecule has 2 heterocycles. The van der Waals surface area contributed by atoms with Gasteiger partial charge in [0.1, 0.15) is 6.10 Å². The molecular weight excluding hydrogens is 254 g/mol. The van der Waals surface area contributed by atoms with Crippen molar-refractivity contribution in [2.75, 3.05) is 0 Å². The number of nitrogens with zero attached hydrogens (tertiary/aromatic N) is 3. The number of aryl methyl sites for hydroxylation is 1. The molecule has 0 saturated carbocycles. The van der Waals surface area contributed by atoms with E-state index in [1.807, 2.05) is 5.43 Å². The van der Waals surface area contributed by atoms with Gasteiger partial charge in [-0.15, -0.1) is 0 Å². The lowest BCUT2D eigenvalue weighted by Gasteiger charge is -2.10. The number of nitrogens with two attached hydrogens (primary N) is 1. The highest BCUT2D eigenvalue weighted by atomic mass is 16.6. The summed E-state index contributed by atoms with van der Waals surface area (Å²) < 4.78 is 6.98. The van der Waals surface area contributed by atoms with Gasteiger partial charge in [-0.05, 0) is 24.7 Å². The Morgan fingerprint density at radius 2 is 2.47 bits per heavy atom. The third-order valence-electron chi connectivity index (χ3n) is 3.02. The van der Waals surface area contributed by atoms with Crippen molar-refractivity contribution in [1.29, 1.82) is 0 Å². The second kappa shape index (κ2) is 5.33. The molecule has 19 heavy (non-hydrogen) atoms. The number of hydrazine groups is 1. The summed E-state index contributed by atoms with van der Waals surface area (Å²) in [6, 6.07) is 0. The minimum Gasteiger partial charge on any atom is -0.363 e. The smallest absolute Gasteiger partial charge is 0.363 e. The quantitative estimate of drug-likeness (QED) is 0.332. The van der Waals surface area contributed by atoms with Crippen molar-refractivity contribution in [2.24, 2.45) is 5.84 Å². The van der Waals surface area contributed by atoms with Crippen LogP contribution in [0.3, 0.4) is 0 Å². The van der Waals surface area contributed by atoms with Crippen LogP contribution in [0.25, 0.3) is 0 Å². The highest BCUT2D eigenvalue weighted by molar-refractivity contribution is 5.80. The molecule has 9 nitrogen and oxygen atoms in total. The van der Waals surface area contributed by atoms with E-state index < -0.39 is 11.0 Å². The zero-order valence-electron chi connectivity index (χ0n) is 10.4. The van der Waals surface area contributed by atoms with Gasteiger partial charge in [0.15, 0.2) is 0 Å². The van der Waals surface area contributed by atoms with Crippen molar-refractivity contribution in [3.8, 4) is 0 Å². The summed E-state index contributed by atoms with van der Waals surface area (Å²) in [6.07, 6.45) is 2.11. The van der Waals surface area contributed by atoms with Gasteiger partial charge in [0.2, 0.25) is 0 Å². The molecule has 2 atom stereocenters. The fraction of sp³-hybridized carbons (Fsp3) is 0.600. The van der Waals surface area contributed by atoms with Gasteiger partial charge in [0.05, 0.1) is 29.5 Å². The summed E-state index contributed by atoms with van der Waals surface area (Å²) in [6.45, 7) is 2.00. The Morgan fingerprint density at radius 1 is 1.74 bits per heavy atom. The summed E-state index contributed by atoms with van der Waals surface area (Å²) in [5, 5.41) is 14.6. The number of ether oxygens (including phenoxy) is 1. The second-order valence-corrected chi connectivity index (χ2v) is 4.45. The van der Waals surface area contributed by atoms with Crippen molar-refractivity contribution >= 4 is 11.7 Å². The molecule has 0 bridgehead atoms. The van der Waals surface area contributed by atoms with Gasteiger partial charge in [-0.2, -0.15) is 4.68 Å². The van der Waals surface area contributed by atoms with Gasteiger partial charge < -0.3 is 14.9 Å². The van der Waals surface area contributed by atoms with Gasteiger partial charge in [-0.25, -0.2) is 5.84 Å². The molecule has 2 rings (SSSR count). The van der Waals surface area contributed by atoms with Gasteiger partial charge in [-0.1, -0.05) is 0 Å². The number of rotatable bonds is 4. The number of nitrogens with one attached hydrogen (secondary N) is 1. The van der Waals surface area contributed by atoms with Crippen LogP contribution < -0.4 is 11.3 Å². The van der Waals surface area contributed by atoms with E-state index in [0.29, 0.717) is 24.9 Å². The maximum Gasteiger partial charge on any atom is 0.392 e. The van der Waals surface area contributed by atoms with E-state index in [2.05, 4.69) is 5.10 Å². The molecule has 9 heteroatoms. The first-order chi connectivity index (χ1) is 9.01. The molecule has 0 aliphatic carbocycles. The van der Waals surface area contributed by atoms with Crippen molar-refractivity contribution in [3.63, 3.8) is 0 Å². The van der Waals surface area contributed by atoms with Gasteiger partial charge in [-0.3, -0.25) is 10.2 Å². The molecule has 1 aliphatic heterocycles. The fourth-order valence-electron chi connectivity index (χ4n) is 2.12. The molecular formula is C10H15N5O4. The maximum absolute atomic E-state index is 11.3. The minimum atomic E-state index is -0.554. The predicted octanol–water partition coefficient (Wildman–Crippen LogP) is -0.363. The van der Waals surface area contributed by atoms with E-state index in [-0.39, 0.29) is 17.8 Å². The predicted molar refractivity (Wildman–Crippen MR) is 63.8 cm³/mol. The van der Waals surface area contributed by atoms with Crippen LogP contribution in [0, 0.1) is 17.0 Å². The van der Waals surface area contributed by atoms with Gasteiger partial charge in [0.25, 0.3) is 5.91 Å². The lowest BCUT2D eigenvalue weighted by atomic mass is 10.2. The molecule has 1 aromatic rings. The molecule has 2 unspecified atom stereocenters. The number of hydrogen-bond donors (Lipinski definition) is 2. The van der Waals surface area contributed by atoms with Crippen LogP contribution in [0.5, 0.6) is 0 Å².